The normalized spacial score (nSPS) is 18.1. The van der Waals surface area contributed by atoms with Crippen LogP contribution >= 0.6 is 11.6 Å². The molecule has 1 heterocycles. The van der Waals surface area contributed by atoms with E-state index < -0.39 is 47.3 Å². The van der Waals surface area contributed by atoms with Crippen LogP contribution in [0.2, 0.25) is 5.02 Å². The van der Waals surface area contributed by atoms with Gasteiger partial charge in [-0.15, -0.1) is 0 Å². The second-order valence-electron chi connectivity index (χ2n) is 9.82. The molecule has 2 atom stereocenters. The third-order valence-electron chi connectivity index (χ3n) is 6.75. The van der Waals surface area contributed by atoms with Crippen LogP contribution in [0, 0.1) is 0 Å². The highest BCUT2D eigenvalue weighted by Crippen LogP contribution is 2.42. The number of benzene rings is 3. The summed E-state index contributed by atoms with van der Waals surface area (Å²) in [5, 5.41) is 0.462. The van der Waals surface area contributed by atoms with E-state index in [0.29, 0.717) is 39.5 Å². The summed E-state index contributed by atoms with van der Waals surface area (Å²) in [4.78, 5) is 14.1. The van der Waals surface area contributed by atoms with E-state index in [1.165, 1.54) is 11.8 Å². The van der Waals surface area contributed by atoms with Crippen molar-refractivity contribution in [2.45, 2.75) is 57.7 Å². The number of amides is 1. The number of rotatable bonds is 5. The molecule has 11 heteroatoms. The van der Waals surface area contributed by atoms with Crippen LogP contribution in [0.1, 0.15) is 60.6 Å². The SMILES string of the molecule is CC(C)c1ccc(Cl)c(-c2ccc(N)cc2CN2C(=O)O[C@H](c3cc(C(F)(F)F)cc(C(F)(F)F)c3)C2C)c1. The molecule has 39 heavy (non-hydrogen) atoms. The van der Waals surface area contributed by atoms with Gasteiger partial charge in [-0.2, -0.15) is 26.3 Å². The minimum Gasteiger partial charge on any atom is -0.439 e. The number of nitrogen functional groups attached to an aromatic ring is 1. The third-order valence-corrected chi connectivity index (χ3v) is 7.08. The zero-order valence-corrected chi connectivity index (χ0v) is 21.9. The van der Waals surface area contributed by atoms with Crippen LogP contribution in [0.5, 0.6) is 0 Å². The van der Waals surface area contributed by atoms with Crippen molar-refractivity contribution in [1.82, 2.24) is 4.90 Å². The van der Waals surface area contributed by atoms with Crippen LogP contribution in [0.25, 0.3) is 11.1 Å². The van der Waals surface area contributed by atoms with Crippen molar-refractivity contribution < 1.29 is 35.9 Å². The van der Waals surface area contributed by atoms with Crippen LogP contribution in [0.4, 0.5) is 36.8 Å². The maximum atomic E-state index is 13.4. The molecular weight excluding hydrogens is 546 g/mol. The van der Waals surface area contributed by atoms with Crippen LogP contribution in [0.3, 0.4) is 0 Å². The number of anilines is 1. The van der Waals surface area contributed by atoms with E-state index in [4.69, 9.17) is 22.1 Å². The highest BCUT2D eigenvalue weighted by atomic mass is 35.5. The molecule has 1 aliphatic rings. The molecule has 1 unspecified atom stereocenters. The molecule has 2 N–H and O–H groups in total. The minimum atomic E-state index is -5.03. The van der Waals surface area contributed by atoms with Gasteiger partial charge in [-0.1, -0.05) is 37.6 Å². The summed E-state index contributed by atoms with van der Waals surface area (Å²) >= 11 is 6.51. The summed E-state index contributed by atoms with van der Waals surface area (Å²) in [5.41, 5.74) is 6.04. The molecule has 0 spiro atoms. The Hall–Kier alpha value is -3.40. The Labute approximate surface area is 226 Å². The van der Waals surface area contributed by atoms with Gasteiger partial charge in [-0.25, -0.2) is 4.79 Å². The lowest BCUT2D eigenvalue weighted by atomic mass is 9.93. The van der Waals surface area contributed by atoms with Crippen LogP contribution in [0.15, 0.2) is 54.6 Å². The van der Waals surface area contributed by atoms with Gasteiger partial charge in [0.1, 0.15) is 6.10 Å². The first kappa shape index (κ1) is 28.6. The van der Waals surface area contributed by atoms with Crippen LogP contribution in [-0.2, 0) is 23.6 Å². The second kappa shape index (κ2) is 10.3. The predicted octanol–water partition coefficient (Wildman–Crippen LogP) is 8.83. The lowest BCUT2D eigenvalue weighted by Crippen LogP contribution is -2.31. The van der Waals surface area contributed by atoms with E-state index in [2.05, 4.69) is 0 Å². The summed E-state index contributed by atoms with van der Waals surface area (Å²) in [7, 11) is 0. The molecule has 0 aromatic heterocycles. The maximum Gasteiger partial charge on any atom is 0.416 e. The lowest BCUT2D eigenvalue weighted by Gasteiger charge is -2.24. The molecule has 0 radical (unpaired) electrons. The summed E-state index contributed by atoms with van der Waals surface area (Å²) in [5.74, 6) is 0.210. The number of cyclic esters (lactones) is 1. The molecule has 4 rings (SSSR count). The smallest absolute Gasteiger partial charge is 0.416 e. The molecule has 0 saturated carbocycles. The first-order valence-electron chi connectivity index (χ1n) is 12.0. The van der Waals surface area contributed by atoms with Gasteiger partial charge in [-0.05, 0) is 77.6 Å². The van der Waals surface area contributed by atoms with Gasteiger partial charge in [-0.3, -0.25) is 4.90 Å². The first-order chi connectivity index (χ1) is 18.1. The van der Waals surface area contributed by atoms with Gasteiger partial charge < -0.3 is 10.5 Å². The Morgan fingerprint density at radius 3 is 2.10 bits per heavy atom. The lowest BCUT2D eigenvalue weighted by molar-refractivity contribution is -0.143. The van der Waals surface area contributed by atoms with E-state index in [-0.39, 0.29) is 18.5 Å². The van der Waals surface area contributed by atoms with E-state index in [9.17, 15) is 31.1 Å². The van der Waals surface area contributed by atoms with Crippen molar-refractivity contribution in [3.8, 4) is 11.1 Å². The summed E-state index contributed by atoms with van der Waals surface area (Å²) in [6, 6.07) is 11.0. The van der Waals surface area contributed by atoms with Crippen molar-refractivity contribution in [2.24, 2.45) is 0 Å². The topological polar surface area (TPSA) is 55.6 Å². The third kappa shape index (κ3) is 5.95. The van der Waals surface area contributed by atoms with Gasteiger partial charge >= 0.3 is 18.4 Å². The average molecular weight is 571 g/mol. The summed E-state index contributed by atoms with van der Waals surface area (Å²) < 4.78 is 85.8. The Morgan fingerprint density at radius 2 is 1.54 bits per heavy atom. The fourth-order valence-corrected chi connectivity index (χ4v) is 4.82. The summed E-state index contributed by atoms with van der Waals surface area (Å²) in [6.45, 7) is 5.49. The molecule has 1 amide bonds. The maximum absolute atomic E-state index is 13.4. The molecule has 0 bridgehead atoms. The molecular formula is C28H25ClF6N2O2. The van der Waals surface area contributed by atoms with Crippen LogP contribution < -0.4 is 5.73 Å². The number of halogens is 7. The Morgan fingerprint density at radius 1 is 0.923 bits per heavy atom. The van der Waals surface area contributed by atoms with E-state index in [1.807, 2.05) is 26.0 Å². The number of alkyl halides is 6. The molecule has 0 aliphatic carbocycles. The highest BCUT2D eigenvalue weighted by molar-refractivity contribution is 6.33. The molecule has 1 aliphatic heterocycles. The molecule has 208 valence electrons. The predicted molar refractivity (Wildman–Crippen MR) is 136 cm³/mol. The Balaban J connectivity index is 1.72. The van der Waals surface area contributed by atoms with Gasteiger partial charge in [0.05, 0.1) is 23.7 Å². The molecule has 3 aromatic carbocycles. The standard InChI is InChI=1S/C28H25ClF6N2O2/c1-14(2)16-4-7-24(29)23(11-16)22-6-5-21(36)10-18(22)13-37-15(3)25(39-26(37)38)17-8-19(27(30,31)32)12-20(9-17)28(33,34)35/h4-12,14-15,25H,13,36H2,1-3H3/t15?,25-/m0/s1. The van der Waals surface area contributed by atoms with Crippen molar-refractivity contribution in [3.05, 3.63) is 87.4 Å². The highest BCUT2D eigenvalue weighted by Gasteiger charge is 2.43. The average Bonchev–Trinajstić information content (AvgIpc) is 3.11. The monoisotopic (exact) mass is 570 g/mol. The van der Waals surface area contributed by atoms with E-state index >= 15 is 0 Å². The largest absolute Gasteiger partial charge is 0.439 e. The number of ether oxygens (including phenoxy) is 1. The van der Waals surface area contributed by atoms with Crippen molar-refractivity contribution in [1.29, 1.82) is 0 Å². The van der Waals surface area contributed by atoms with E-state index in [1.54, 1.807) is 24.3 Å². The molecule has 1 fully saturated rings. The molecule has 3 aromatic rings. The number of nitrogens with two attached hydrogens (primary N) is 1. The van der Waals surface area contributed by atoms with Crippen molar-refractivity contribution in [3.63, 3.8) is 0 Å². The fraction of sp³-hybridized carbons (Fsp3) is 0.321. The molecule has 4 nitrogen and oxygen atoms in total. The Bertz CT molecular complexity index is 1370. The number of carbonyl (C=O) groups is 1. The van der Waals surface area contributed by atoms with Crippen LogP contribution in [-0.4, -0.2) is 17.0 Å². The second-order valence-corrected chi connectivity index (χ2v) is 10.2. The number of hydrogen-bond acceptors (Lipinski definition) is 3. The molecule has 1 saturated heterocycles. The minimum absolute atomic E-state index is 0.0384. The van der Waals surface area contributed by atoms with E-state index in [0.717, 1.165) is 5.56 Å². The van der Waals surface area contributed by atoms with Crippen molar-refractivity contribution in [2.75, 3.05) is 5.73 Å². The number of hydrogen-bond donors (Lipinski definition) is 1. The number of nitrogens with zero attached hydrogens (tertiary/aromatic N) is 1. The van der Waals surface area contributed by atoms with Gasteiger partial charge in [0.15, 0.2) is 0 Å². The Kier molecular flexibility index (Phi) is 7.55. The van der Waals surface area contributed by atoms with Gasteiger partial charge in [0, 0.05) is 16.3 Å². The van der Waals surface area contributed by atoms with Gasteiger partial charge in [0.2, 0.25) is 0 Å². The zero-order valence-electron chi connectivity index (χ0n) is 21.1. The summed E-state index contributed by atoms with van der Waals surface area (Å²) in [6.07, 6.45) is -12.3. The fourth-order valence-electron chi connectivity index (χ4n) is 4.60. The number of carbonyl (C=O) groups excluding carboxylic acids is 1. The quantitative estimate of drug-likeness (QED) is 0.246. The van der Waals surface area contributed by atoms with Crippen molar-refractivity contribution >= 4 is 23.4 Å². The zero-order chi connectivity index (χ0) is 28.9. The van der Waals surface area contributed by atoms with Gasteiger partial charge in [0.25, 0.3) is 0 Å². The first-order valence-corrected chi connectivity index (χ1v) is 12.4.